The minimum absolute atomic E-state index is 0.406. The third kappa shape index (κ3) is 3.68. The van der Waals surface area contributed by atoms with Gasteiger partial charge in [-0.2, -0.15) is 0 Å². The van der Waals surface area contributed by atoms with Crippen molar-refractivity contribution in [3.63, 3.8) is 0 Å². The monoisotopic (exact) mass is 258 g/mol. The van der Waals surface area contributed by atoms with Crippen molar-refractivity contribution in [2.45, 2.75) is 32.9 Å². The van der Waals surface area contributed by atoms with Gasteiger partial charge >= 0.3 is 6.09 Å². The van der Waals surface area contributed by atoms with Crippen LogP contribution in [0.3, 0.4) is 0 Å². The number of fused-ring (bicyclic) bond motifs is 1. The topological polar surface area (TPSA) is 51.2 Å². The van der Waals surface area contributed by atoms with Crippen LogP contribution < -0.4 is 5.32 Å². The highest BCUT2D eigenvalue weighted by atomic mass is 16.6. The summed E-state index contributed by atoms with van der Waals surface area (Å²) in [5.74, 6) is 0. The summed E-state index contributed by atoms with van der Waals surface area (Å²) < 4.78 is 5.20. The molecule has 0 saturated heterocycles. The molecule has 1 aromatic carbocycles. The Morgan fingerprint density at radius 2 is 2.00 bits per heavy atom. The summed E-state index contributed by atoms with van der Waals surface area (Å²) in [5, 5.41) is 4.90. The van der Waals surface area contributed by atoms with Crippen LogP contribution in [0.4, 0.5) is 4.79 Å². The number of ether oxygens (including phenoxy) is 1. The van der Waals surface area contributed by atoms with E-state index in [0.717, 1.165) is 16.3 Å². The molecule has 4 heteroatoms. The minimum atomic E-state index is -0.485. The average molecular weight is 258 g/mol. The second-order valence-corrected chi connectivity index (χ2v) is 5.38. The highest BCUT2D eigenvalue weighted by molar-refractivity contribution is 5.84. The predicted molar refractivity (Wildman–Crippen MR) is 74.8 cm³/mol. The normalized spacial score (nSPS) is 11.3. The Kier molecular flexibility index (Phi) is 3.69. The molecule has 0 fully saturated rings. The molecule has 0 atom stereocenters. The third-order valence-electron chi connectivity index (χ3n) is 2.57. The van der Waals surface area contributed by atoms with Crippen molar-refractivity contribution in [2.24, 2.45) is 0 Å². The zero-order chi connectivity index (χ0) is 13.9. The maximum Gasteiger partial charge on any atom is 0.407 e. The van der Waals surface area contributed by atoms with Crippen LogP contribution in [0.1, 0.15) is 26.3 Å². The zero-order valence-electron chi connectivity index (χ0n) is 11.4. The predicted octanol–water partition coefficient (Wildman–Crippen LogP) is 3.26. The van der Waals surface area contributed by atoms with Crippen molar-refractivity contribution in [2.75, 3.05) is 0 Å². The molecule has 4 nitrogen and oxygen atoms in total. The number of nitrogens with one attached hydrogen (secondary N) is 1. The van der Waals surface area contributed by atoms with E-state index in [-0.39, 0.29) is 0 Å². The molecule has 1 N–H and O–H groups in total. The van der Waals surface area contributed by atoms with Crippen molar-refractivity contribution >= 4 is 16.9 Å². The van der Waals surface area contributed by atoms with Crippen LogP contribution in [-0.2, 0) is 11.3 Å². The van der Waals surface area contributed by atoms with Crippen LogP contribution in [0.5, 0.6) is 0 Å². The molecule has 0 aliphatic heterocycles. The number of alkyl carbamates (subject to hydrolysis) is 1. The maximum atomic E-state index is 11.6. The molecule has 2 aromatic rings. The van der Waals surface area contributed by atoms with E-state index in [9.17, 15) is 4.79 Å². The van der Waals surface area contributed by atoms with E-state index in [4.69, 9.17) is 4.74 Å². The summed E-state index contributed by atoms with van der Waals surface area (Å²) in [6, 6.07) is 7.96. The first-order chi connectivity index (χ1) is 8.96. The van der Waals surface area contributed by atoms with Crippen LogP contribution in [0.15, 0.2) is 36.7 Å². The Morgan fingerprint density at radius 3 is 2.74 bits per heavy atom. The van der Waals surface area contributed by atoms with Gasteiger partial charge in [0.05, 0.1) is 0 Å². The van der Waals surface area contributed by atoms with Crippen LogP contribution >= 0.6 is 0 Å². The van der Waals surface area contributed by atoms with Crippen molar-refractivity contribution in [1.82, 2.24) is 10.3 Å². The van der Waals surface area contributed by atoms with E-state index in [1.165, 1.54) is 0 Å². The van der Waals surface area contributed by atoms with Crippen molar-refractivity contribution in [3.05, 3.63) is 42.2 Å². The van der Waals surface area contributed by atoms with E-state index in [1.54, 1.807) is 6.20 Å². The molecule has 1 aromatic heterocycles. The number of aromatic nitrogens is 1. The number of carbonyl (C=O) groups excluding carboxylic acids is 1. The highest BCUT2D eigenvalue weighted by Gasteiger charge is 2.15. The van der Waals surface area contributed by atoms with Crippen molar-refractivity contribution in [1.29, 1.82) is 0 Å². The Morgan fingerprint density at radius 1 is 1.26 bits per heavy atom. The molecule has 0 unspecified atom stereocenters. The molecule has 1 heterocycles. The number of hydrogen-bond donors (Lipinski definition) is 1. The molecule has 100 valence electrons. The summed E-state index contributed by atoms with van der Waals surface area (Å²) >= 11 is 0. The van der Waals surface area contributed by atoms with Crippen molar-refractivity contribution in [3.8, 4) is 0 Å². The van der Waals surface area contributed by atoms with Gasteiger partial charge in [0.2, 0.25) is 0 Å². The molecule has 0 aliphatic carbocycles. The largest absolute Gasteiger partial charge is 0.444 e. The SMILES string of the molecule is CC(C)(C)OC(=O)NCc1cncc2ccccc12. The fourth-order valence-electron chi connectivity index (χ4n) is 1.80. The van der Waals surface area contributed by atoms with Gasteiger partial charge in [0, 0.05) is 24.3 Å². The van der Waals surface area contributed by atoms with Crippen LogP contribution in [-0.4, -0.2) is 16.7 Å². The van der Waals surface area contributed by atoms with Gasteiger partial charge in [0.25, 0.3) is 0 Å². The number of rotatable bonds is 2. The quantitative estimate of drug-likeness (QED) is 0.899. The summed E-state index contributed by atoms with van der Waals surface area (Å²) in [6.45, 7) is 5.92. The van der Waals surface area contributed by atoms with E-state index in [0.29, 0.717) is 6.54 Å². The van der Waals surface area contributed by atoms with E-state index >= 15 is 0 Å². The number of pyridine rings is 1. The van der Waals surface area contributed by atoms with Crippen LogP contribution in [0.2, 0.25) is 0 Å². The number of benzene rings is 1. The second kappa shape index (κ2) is 5.26. The second-order valence-electron chi connectivity index (χ2n) is 5.38. The first-order valence-corrected chi connectivity index (χ1v) is 6.24. The van der Waals surface area contributed by atoms with Gasteiger partial charge in [-0.05, 0) is 31.7 Å². The number of hydrogen-bond acceptors (Lipinski definition) is 3. The lowest BCUT2D eigenvalue weighted by molar-refractivity contribution is 0.0524. The van der Waals surface area contributed by atoms with E-state index < -0.39 is 11.7 Å². The number of carbonyl (C=O) groups is 1. The Balaban J connectivity index is 2.08. The minimum Gasteiger partial charge on any atom is -0.444 e. The average Bonchev–Trinajstić information content (AvgIpc) is 2.34. The van der Waals surface area contributed by atoms with Gasteiger partial charge in [0.1, 0.15) is 5.60 Å². The Labute approximate surface area is 112 Å². The molecule has 0 aliphatic rings. The molecule has 0 spiro atoms. The summed E-state index contributed by atoms with van der Waals surface area (Å²) in [4.78, 5) is 15.8. The molecular weight excluding hydrogens is 240 g/mol. The van der Waals surface area contributed by atoms with Gasteiger partial charge in [-0.25, -0.2) is 4.79 Å². The summed E-state index contributed by atoms with van der Waals surface area (Å²) in [6.07, 6.45) is 3.16. The first-order valence-electron chi connectivity index (χ1n) is 6.24. The molecule has 19 heavy (non-hydrogen) atoms. The smallest absolute Gasteiger partial charge is 0.407 e. The van der Waals surface area contributed by atoms with Gasteiger partial charge in [-0.15, -0.1) is 0 Å². The van der Waals surface area contributed by atoms with Gasteiger partial charge < -0.3 is 10.1 Å². The molecule has 2 rings (SSSR count). The van der Waals surface area contributed by atoms with Crippen molar-refractivity contribution < 1.29 is 9.53 Å². The standard InChI is InChI=1S/C15H18N2O2/c1-15(2,3)19-14(18)17-10-12-9-16-8-11-6-4-5-7-13(11)12/h4-9H,10H2,1-3H3,(H,17,18). The lowest BCUT2D eigenvalue weighted by Gasteiger charge is -2.19. The molecule has 0 saturated carbocycles. The Hall–Kier alpha value is -2.10. The fraction of sp³-hybridized carbons (Fsp3) is 0.333. The molecule has 1 amide bonds. The van der Waals surface area contributed by atoms with Gasteiger partial charge in [-0.3, -0.25) is 4.98 Å². The highest BCUT2D eigenvalue weighted by Crippen LogP contribution is 2.16. The molecule has 0 radical (unpaired) electrons. The number of amides is 1. The third-order valence-corrected chi connectivity index (χ3v) is 2.57. The van der Waals surface area contributed by atoms with Crippen LogP contribution in [0.25, 0.3) is 10.8 Å². The molecule has 0 bridgehead atoms. The van der Waals surface area contributed by atoms with Crippen LogP contribution in [0, 0.1) is 0 Å². The summed E-state index contributed by atoms with van der Waals surface area (Å²) in [7, 11) is 0. The lowest BCUT2D eigenvalue weighted by atomic mass is 10.1. The first kappa shape index (κ1) is 13.3. The van der Waals surface area contributed by atoms with E-state index in [2.05, 4.69) is 10.3 Å². The number of nitrogens with zero attached hydrogens (tertiary/aromatic N) is 1. The fourth-order valence-corrected chi connectivity index (χ4v) is 1.80. The van der Waals surface area contributed by atoms with Gasteiger partial charge in [0.15, 0.2) is 0 Å². The maximum absolute atomic E-state index is 11.6. The van der Waals surface area contributed by atoms with E-state index in [1.807, 2.05) is 51.2 Å². The lowest BCUT2D eigenvalue weighted by Crippen LogP contribution is -2.32. The summed E-state index contributed by atoms with van der Waals surface area (Å²) in [5.41, 5.74) is 0.491. The van der Waals surface area contributed by atoms with Gasteiger partial charge in [-0.1, -0.05) is 24.3 Å². The Bertz CT molecular complexity index is 583. The molecular formula is C15H18N2O2. The zero-order valence-corrected chi connectivity index (χ0v) is 11.4.